The molecule has 1 amide bonds. The molecule has 1 aliphatic rings. The van der Waals surface area contributed by atoms with Gasteiger partial charge in [-0.25, -0.2) is 0 Å². The predicted molar refractivity (Wildman–Crippen MR) is 247 cm³/mol. The van der Waals surface area contributed by atoms with E-state index in [0.29, 0.717) is 19.3 Å². The Morgan fingerprint density at radius 2 is 0.984 bits per heavy atom. The van der Waals surface area contributed by atoms with E-state index in [1.165, 1.54) is 103 Å². The van der Waals surface area contributed by atoms with Crippen molar-refractivity contribution in [1.82, 2.24) is 5.32 Å². The lowest BCUT2D eigenvalue weighted by atomic mass is 9.98. The molecule has 0 aromatic rings. The molecule has 11 heteroatoms. The van der Waals surface area contributed by atoms with Crippen LogP contribution < -0.4 is 5.32 Å². The highest BCUT2D eigenvalue weighted by atomic mass is 16.7. The molecule has 9 unspecified atom stereocenters. The van der Waals surface area contributed by atoms with Gasteiger partial charge >= 0.3 is 0 Å². The molecule has 0 spiro atoms. The van der Waals surface area contributed by atoms with Gasteiger partial charge in [-0.2, -0.15) is 0 Å². The van der Waals surface area contributed by atoms with E-state index in [1.807, 2.05) is 0 Å². The summed E-state index contributed by atoms with van der Waals surface area (Å²) >= 11 is 0. The summed E-state index contributed by atoms with van der Waals surface area (Å²) in [5, 5.41) is 75.7. The van der Waals surface area contributed by atoms with E-state index in [1.54, 1.807) is 0 Å². The van der Waals surface area contributed by atoms with Gasteiger partial charge in [-0.1, -0.05) is 166 Å². The van der Waals surface area contributed by atoms with Crippen LogP contribution in [0.15, 0.2) is 36.5 Å². The van der Waals surface area contributed by atoms with Crippen LogP contribution in [0.2, 0.25) is 0 Å². The molecule has 0 radical (unpaired) electrons. The molecule has 1 heterocycles. The number of aliphatic hydroxyl groups excluding tert-OH is 7. The first-order valence-corrected chi connectivity index (χ1v) is 24.9. The largest absolute Gasteiger partial charge is 0.394 e. The van der Waals surface area contributed by atoms with E-state index in [0.717, 1.165) is 57.8 Å². The second-order valence-corrected chi connectivity index (χ2v) is 17.5. The van der Waals surface area contributed by atoms with E-state index < -0.39 is 74.2 Å². The molecule has 0 aromatic heterocycles. The quantitative estimate of drug-likeness (QED) is 0.0218. The van der Waals surface area contributed by atoms with Crippen LogP contribution in [0.3, 0.4) is 0 Å². The van der Waals surface area contributed by atoms with E-state index in [-0.39, 0.29) is 12.8 Å². The van der Waals surface area contributed by atoms with Crippen LogP contribution in [0.5, 0.6) is 0 Å². The number of unbranched alkanes of at least 4 members (excludes halogenated alkanes) is 23. The van der Waals surface area contributed by atoms with Crippen LogP contribution in [0.25, 0.3) is 0 Å². The minimum atomic E-state index is -1.67. The highest BCUT2D eigenvalue weighted by molar-refractivity contribution is 5.80. The van der Waals surface area contributed by atoms with Crippen molar-refractivity contribution >= 4 is 5.91 Å². The van der Waals surface area contributed by atoms with Gasteiger partial charge in [-0.05, 0) is 77.0 Å². The summed E-state index contributed by atoms with van der Waals surface area (Å²) in [4.78, 5) is 13.1. The Balaban J connectivity index is 2.44. The van der Waals surface area contributed by atoms with Gasteiger partial charge in [0.2, 0.25) is 5.91 Å². The van der Waals surface area contributed by atoms with Crippen molar-refractivity contribution in [2.45, 2.75) is 262 Å². The van der Waals surface area contributed by atoms with Gasteiger partial charge in [0.15, 0.2) is 6.29 Å². The topological polar surface area (TPSA) is 189 Å². The lowest BCUT2D eigenvalue weighted by Crippen LogP contribution is -2.60. The molecule has 0 saturated carbocycles. The van der Waals surface area contributed by atoms with Crippen LogP contribution in [-0.4, -0.2) is 110 Å². The minimum Gasteiger partial charge on any atom is -0.394 e. The Bertz CT molecular complexity index is 1090. The molecule has 1 fully saturated rings. The first kappa shape index (κ1) is 57.3. The highest BCUT2D eigenvalue weighted by Crippen LogP contribution is 2.23. The average molecular weight is 868 g/mol. The molecule has 61 heavy (non-hydrogen) atoms. The number of hydrogen-bond acceptors (Lipinski definition) is 10. The van der Waals surface area contributed by atoms with E-state index in [4.69, 9.17) is 9.47 Å². The van der Waals surface area contributed by atoms with E-state index in [9.17, 15) is 40.5 Å². The first-order valence-electron chi connectivity index (χ1n) is 24.9. The molecule has 1 rings (SSSR count). The molecule has 8 N–H and O–H groups in total. The summed E-state index contributed by atoms with van der Waals surface area (Å²) in [7, 11) is 0. The Morgan fingerprint density at radius 3 is 1.46 bits per heavy atom. The van der Waals surface area contributed by atoms with E-state index in [2.05, 4.69) is 55.6 Å². The van der Waals surface area contributed by atoms with Crippen molar-refractivity contribution in [2.24, 2.45) is 0 Å². The SMILES string of the molecule is CCCCCCCC/C=C/CC/C=C/CCCC(O)C(O)C(COC1OC(CO)C(O)C(O)C1O)NC(=O)C(O)CCCCCCCC/C=C\CCCCCCCCCCC. The smallest absolute Gasteiger partial charge is 0.249 e. The second kappa shape index (κ2) is 39.9. The number of carbonyl (C=O) groups is 1. The fourth-order valence-electron chi connectivity index (χ4n) is 7.74. The lowest BCUT2D eigenvalue weighted by Gasteiger charge is -2.40. The molecular weight excluding hydrogens is 775 g/mol. The molecule has 0 bridgehead atoms. The van der Waals surface area contributed by atoms with Crippen LogP contribution in [-0.2, 0) is 14.3 Å². The van der Waals surface area contributed by atoms with Gasteiger partial charge in [0.1, 0.15) is 36.6 Å². The fourth-order valence-corrected chi connectivity index (χ4v) is 7.74. The lowest BCUT2D eigenvalue weighted by molar-refractivity contribution is -0.303. The fraction of sp³-hybridized carbons (Fsp3) is 0.860. The summed E-state index contributed by atoms with van der Waals surface area (Å²) in [6.45, 7) is 3.41. The summed E-state index contributed by atoms with van der Waals surface area (Å²) in [6, 6.07) is -1.19. The molecule has 1 saturated heterocycles. The zero-order valence-electron chi connectivity index (χ0n) is 38.6. The maximum atomic E-state index is 13.1. The highest BCUT2D eigenvalue weighted by Gasteiger charge is 2.44. The first-order chi connectivity index (χ1) is 29.7. The van der Waals surface area contributed by atoms with Crippen LogP contribution in [0, 0.1) is 0 Å². The Morgan fingerprint density at radius 1 is 0.557 bits per heavy atom. The third-order valence-corrected chi connectivity index (χ3v) is 11.9. The van der Waals surface area contributed by atoms with Crippen molar-refractivity contribution in [3.8, 4) is 0 Å². The number of allylic oxidation sites excluding steroid dienone is 6. The average Bonchev–Trinajstić information content (AvgIpc) is 3.26. The molecular formula is C50H93NO10. The third-order valence-electron chi connectivity index (χ3n) is 11.9. The van der Waals surface area contributed by atoms with Crippen LogP contribution >= 0.6 is 0 Å². The number of ether oxygens (including phenoxy) is 2. The second-order valence-electron chi connectivity index (χ2n) is 17.5. The Labute approximate surface area is 371 Å². The predicted octanol–water partition coefficient (Wildman–Crippen LogP) is 8.78. The Hall–Kier alpha value is -1.67. The zero-order chi connectivity index (χ0) is 44.8. The number of nitrogens with one attached hydrogen (secondary N) is 1. The normalized spacial score (nSPS) is 21.8. The van der Waals surface area contributed by atoms with Gasteiger partial charge in [0, 0.05) is 0 Å². The molecule has 358 valence electrons. The maximum Gasteiger partial charge on any atom is 0.249 e. The number of aliphatic hydroxyl groups is 7. The molecule has 0 aromatic carbocycles. The van der Waals surface area contributed by atoms with Crippen LogP contribution in [0.4, 0.5) is 0 Å². The van der Waals surface area contributed by atoms with Gasteiger partial charge in [0.05, 0.1) is 25.4 Å². The number of hydrogen-bond donors (Lipinski definition) is 8. The Kier molecular flexibility index (Phi) is 37.5. The van der Waals surface area contributed by atoms with Gasteiger partial charge in [0.25, 0.3) is 0 Å². The number of rotatable bonds is 41. The van der Waals surface area contributed by atoms with Crippen molar-refractivity contribution in [3.63, 3.8) is 0 Å². The number of carbonyl (C=O) groups excluding carboxylic acids is 1. The monoisotopic (exact) mass is 868 g/mol. The van der Waals surface area contributed by atoms with Gasteiger partial charge < -0.3 is 50.5 Å². The summed E-state index contributed by atoms with van der Waals surface area (Å²) in [5.74, 6) is -0.716. The molecule has 11 nitrogen and oxygen atoms in total. The molecule has 9 atom stereocenters. The van der Waals surface area contributed by atoms with E-state index >= 15 is 0 Å². The standard InChI is InChI=1S/C50H93NO10/c1-3-5-7-9-11-13-15-17-19-20-21-22-24-26-28-30-32-34-36-38-43(54)49(59)51-41(40-60-50-48(58)47(57)46(56)44(39-52)61-50)45(55)42(53)37-35-33-31-29-27-25-23-18-16-14-12-10-8-6-4-2/h18,21-23,29,31,41-48,50,52-58H,3-17,19-20,24-28,30,32-40H2,1-2H3,(H,51,59)/b22-21-,23-18+,31-29+. The maximum absolute atomic E-state index is 13.1. The number of amides is 1. The van der Waals surface area contributed by atoms with Crippen molar-refractivity contribution < 1.29 is 50.0 Å². The summed E-state index contributed by atoms with van der Waals surface area (Å²) in [6.07, 6.45) is 34.8. The molecule has 1 aliphatic heterocycles. The van der Waals surface area contributed by atoms with Gasteiger partial charge in [-0.15, -0.1) is 0 Å². The van der Waals surface area contributed by atoms with Crippen molar-refractivity contribution in [3.05, 3.63) is 36.5 Å². The zero-order valence-corrected chi connectivity index (χ0v) is 38.6. The van der Waals surface area contributed by atoms with Gasteiger partial charge in [-0.3, -0.25) is 4.79 Å². The molecule has 0 aliphatic carbocycles. The third kappa shape index (κ3) is 29.4. The van der Waals surface area contributed by atoms with Crippen molar-refractivity contribution in [2.75, 3.05) is 13.2 Å². The van der Waals surface area contributed by atoms with Crippen molar-refractivity contribution in [1.29, 1.82) is 0 Å². The summed E-state index contributed by atoms with van der Waals surface area (Å²) in [5.41, 5.74) is 0. The summed E-state index contributed by atoms with van der Waals surface area (Å²) < 4.78 is 11.1. The van der Waals surface area contributed by atoms with Crippen LogP contribution in [0.1, 0.15) is 206 Å². The minimum absolute atomic E-state index is 0.244.